The minimum atomic E-state index is -0.181. The van der Waals surface area contributed by atoms with Crippen LogP contribution < -0.4 is 14.8 Å². The van der Waals surface area contributed by atoms with Crippen molar-refractivity contribution >= 4 is 17.2 Å². The number of nitrogens with one attached hydrogen (secondary N) is 1. The summed E-state index contributed by atoms with van der Waals surface area (Å²) in [7, 11) is 1.62. The Morgan fingerprint density at radius 2 is 1.77 bits per heavy atom. The van der Waals surface area contributed by atoms with Gasteiger partial charge in [0, 0.05) is 10.4 Å². The Labute approximate surface area is 156 Å². The number of aromatic nitrogens is 1. The molecule has 1 amide bonds. The zero-order valence-electron chi connectivity index (χ0n) is 14.7. The molecule has 0 atom stereocenters. The van der Waals surface area contributed by atoms with Gasteiger partial charge in [-0.1, -0.05) is 30.3 Å². The van der Waals surface area contributed by atoms with Crippen LogP contribution in [0.15, 0.2) is 54.6 Å². The third-order valence-corrected chi connectivity index (χ3v) is 4.77. The van der Waals surface area contributed by atoms with Crippen molar-refractivity contribution in [3.63, 3.8) is 0 Å². The highest BCUT2D eigenvalue weighted by molar-refractivity contribution is 7.15. The van der Waals surface area contributed by atoms with E-state index >= 15 is 0 Å². The number of nitrogens with zero attached hydrogens (tertiary/aromatic N) is 1. The molecule has 1 heterocycles. The van der Waals surface area contributed by atoms with Gasteiger partial charge in [-0.25, -0.2) is 4.98 Å². The van der Waals surface area contributed by atoms with Crippen LogP contribution in [-0.2, 0) is 0 Å². The van der Waals surface area contributed by atoms with Crippen LogP contribution in [0.3, 0.4) is 0 Å². The summed E-state index contributed by atoms with van der Waals surface area (Å²) >= 11 is 1.52. The zero-order chi connectivity index (χ0) is 18.4. The summed E-state index contributed by atoms with van der Waals surface area (Å²) < 4.78 is 10.7. The Morgan fingerprint density at radius 3 is 2.46 bits per heavy atom. The maximum Gasteiger partial charge on any atom is 0.271 e. The summed E-state index contributed by atoms with van der Waals surface area (Å²) in [6.07, 6.45) is 0. The highest BCUT2D eigenvalue weighted by atomic mass is 32.1. The molecule has 0 bridgehead atoms. The van der Waals surface area contributed by atoms with E-state index in [0.717, 1.165) is 26.9 Å². The molecule has 1 N–H and O–H groups in total. The SMILES string of the molecule is COc1ccc(OCCNC(=O)c2nc(-c3ccccc3)sc2C)cc1. The highest BCUT2D eigenvalue weighted by Gasteiger charge is 2.15. The van der Waals surface area contributed by atoms with Gasteiger partial charge in [0.1, 0.15) is 28.8 Å². The van der Waals surface area contributed by atoms with Crippen molar-refractivity contribution in [3.05, 3.63) is 65.2 Å². The van der Waals surface area contributed by atoms with Crippen LogP contribution >= 0.6 is 11.3 Å². The van der Waals surface area contributed by atoms with Crippen molar-refractivity contribution in [2.45, 2.75) is 6.92 Å². The fourth-order valence-corrected chi connectivity index (χ4v) is 3.32. The summed E-state index contributed by atoms with van der Waals surface area (Å²) in [5.74, 6) is 1.33. The fraction of sp³-hybridized carbons (Fsp3) is 0.200. The molecule has 0 radical (unpaired) electrons. The Balaban J connectivity index is 1.52. The standard InChI is InChI=1S/C20H20N2O3S/c1-14-18(22-20(26-14)15-6-4-3-5-7-15)19(23)21-12-13-25-17-10-8-16(24-2)9-11-17/h3-11H,12-13H2,1-2H3,(H,21,23). The predicted octanol–water partition coefficient (Wildman–Crippen LogP) is 3.94. The lowest BCUT2D eigenvalue weighted by molar-refractivity contribution is 0.0942. The van der Waals surface area contributed by atoms with Gasteiger partial charge in [-0.05, 0) is 31.2 Å². The van der Waals surface area contributed by atoms with Crippen LogP contribution in [0.2, 0.25) is 0 Å². The number of ether oxygens (including phenoxy) is 2. The average Bonchev–Trinajstić information content (AvgIpc) is 3.08. The fourth-order valence-electron chi connectivity index (χ4n) is 2.40. The van der Waals surface area contributed by atoms with E-state index < -0.39 is 0 Å². The number of hydrogen-bond donors (Lipinski definition) is 1. The number of carbonyl (C=O) groups is 1. The molecule has 3 aromatic rings. The van der Waals surface area contributed by atoms with Gasteiger partial charge in [-0.2, -0.15) is 0 Å². The second kappa shape index (κ2) is 8.49. The first kappa shape index (κ1) is 17.9. The number of amides is 1. The molecule has 0 aliphatic rings. The van der Waals surface area contributed by atoms with Crippen molar-refractivity contribution in [1.82, 2.24) is 10.3 Å². The first-order valence-electron chi connectivity index (χ1n) is 8.25. The molecule has 134 valence electrons. The van der Waals surface area contributed by atoms with Crippen molar-refractivity contribution in [3.8, 4) is 22.1 Å². The Hall–Kier alpha value is -2.86. The van der Waals surface area contributed by atoms with E-state index in [-0.39, 0.29) is 5.91 Å². The van der Waals surface area contributed by atoms with Crippen LogP contribution in [0.25, 0.3) is 10.6 Å². The monoisotopic (exact) mass is 368 g/mol. The third kappa shape index (κ3) is 4.40. The van der Waals surface area contributed by atoms with Crippen LogP contribution in [0, 0.1) is 6.92 Å². The Morgan fingerprint density at radius 1 is 1.08 bits per heavy atom. The van der Waals surface area contributed by atoms with Gasteiger partial charge >= 0.3 is 0 Å². The van der Waals surface area contributed by atoms with Crippen molar-refractivity contribution in [1.29, 1.82) is 0 Å². The molecule has 0 fully saturated rings. The van der Waals surface area contributed by atoms with E-state index in [9.17, 15) is 4.79 Å². The van der Waals surface area contributed by atoms with Crippen molar-refractivity contribution < 1.29 is 14.3 Å². The lowest BCUT2D eigenvalue weighted by atomic mass is 10.2. The lowest BCUT2D eigenvalue weighted by Gasteiger charge is -2.08. The van der Waals surface area contributed by atoms with Crippen LogP contribution in [0.4, 0.5) is 0 Å². The smallest absolute Gasteiger partial charge is 0.271 e. The molecular weight excluding hydrogens is 348 g/mol. The molecule has 3 rings (SSSR count). The molecule has 0 aliphatic heterocycles. The minimum absolute atomic E-state index is 0.181. The average molecular weight is 368 g/mol. The summed E-state index contributed by atoms with van der Waals surface area (Å²) in [6.45, 7) is 2.70. The Kier molecular flexibility index (Phi) is 5.86. The molecule has 5 nitrogen and oxygen atoms in total. The van der Waals surface area contributed by atoms with E-state index in [1.54, 1.807) is 7.11 Å². The summed E-state index contributed by atoms with van der Waals surface area (Å²) in [4.78, 5) is 17.8. The van der Waals surface area contributed by atoms with Gasteiger partial charge in [-0.3, -0.25) is 4.79 Å². The quantitative estimate of drug-likeness (QED) is 0.642. The number of thiazole rings is 1. The molecule has 0 saturated heterocycles. The second-order valence-corrected chi connectivity index (χ2v) is 6.77. The Bertz CT molecular complexity index is 861. The molecule has 0 spiro atoms. The molecule has 26 heavy (non-hydrogen) atoms. The number of rotatable bonds is 7. The topological polar surface area (TPSA) is 60.5 Å². The number of aryl methyl sites for hydroxylation is 1. The first-order valence-corrected chi connectivity index (χ1v) is 9.07. The number of hydrogen-bond acceptors (Lipinski definition) is 5. The highest BCUT2D eigenvalue weighted by Crippen LogP contribution is 2.27. The third-order valence-electron chi connectivity index (χ3n) is 3.75. The van der Waals surface area contributed by atoms with E-state index in [4.69, 9.17) is 9.47 Å². The maximum atomic E-state index is 12.4. The molecule has 0 unspecified atom stereocenters. The zero-order valence-corrected chi connectivity index (χ0v) is 15.5. The van der Waals surface area contributed by atoms with E-state index in [0.29, 0.717) is 18.8 Å². The van der Waals surface area contributed by atoms with Gasteiger partial charge in [0.05, 0.1) is 13.7 Å². The van der Waals surface area contributed by atoms with E-state index in [1.807, 2.05) is 61.5 Å². The van der Waals surface area contributed by atoms with E-state index in [1.165, 1.54) is 11.3 Å². The van der Waals surface area contributed by atoms with Gasteiger partial charge in [0.15, 0.2) is 0 Å². The summed E-state index contributed by atoms with van der Waals surface area (Å²) in [6, 6.07) is 17.2. The molecule has 6 heteroatoms. The van der Waals surface area contributed by atoms with Crippen molar-refractivity contribution in [2.75, 3.05) is 20.3 Å². The van der Waals surface area contributed by atoms with Gasteiger partial charge in [0.2, 0.25) is 0 Å². The number of methoxy groups -OCH3 is 1. The van der Waals surface area contributed by atoms with Gasteiger partial charge in [-0.15, -0.1) is 11.3 Å². The van der Waals surface area contributed by atoms with Crippen molar-refractivity contribution in [2.24, 2.45) is 0 Å². The van der Waals surface area contributed by atoms with Gasteiger partial charge in [0.25, 0.3) is 5.91 Å². The van der Waals surface area contributed by atoms with Crippen LogP contribution in [0.1, 0.15) is 15.4 Å². The molecular formula is C20H20N2O3S. The largest absolute Gasteiger partial charge is 0.497 e. The molecule has 0 saturated carbocycles. The van der Waals surface area contributed by atoms with Crippen LogP contribution in [-0.4, -0.2) is 31.2 Å². The predicted molar refractivity (Wildman–Crippen MR) is 103 cm³/mol. The first-order chi connectivity index (χ1) is 12.7. The maximum absolute atomic E-state index is 12.4. The number of carbonyl (C=O) groups excluding carboxylic acids is 1. The van der Waals surface area contributed by atoms with Gasteiger partial charge < -0.3 is 14.8 Å². The molecule has 2 aromatic carbocycles. The molecule has 0 aliphatic carbocycles. The molecule has 1 aromatic heterocycles. The number of benzene rings is 2. The van der Waals surface area contributed by atoms with E-state index in [2.05, 4.69) is 10.3 Å². The summed E-state index contributed by atoms with van der Waals surface area (Å²) in [5, 5.41) is 3.70. The lowest BCUT2D eigenvalue weighted by Crippen LogP contribution is -2.28. The second-order valence-electron chi connectivity index (χ2n) is 5.57. The minimum Gasteiger partial charge on any atom is -0.497 e. The summed E-state index contributed by atoms with van der Waals surface area (Å²) in [5.41, 5.74) is 1.49. The normalized spacial score (nSPS) is 10.4. The van der Waals surface area contributed by atoms with Crippen LogP contribution in [0.5, 0.6) is 11.5 Å².